The monoisotopic (exact) mass is 335 g/mol. The molecule has 1 aliphatic rings. The summed E-state index contributed by atoms with van der Waals surface area (Å²) in [5, 5.41) is 10.0. The van der Waals surface area contributed by atoms with E-state index in [-0.39, 0.29) is 6.54 Å². The molecule has 1 unspecified atom stereocenters. The van der Waals surface area contributed by atoms with Gasteiger partial charge in [-0.05, 0) is 22.0 Å². The van der Waals surface area contributed by atoms with Crippen molar-refractivity contribution in [3.8, 4) is 0 Å². The molecule has 0 spiro atoms. The van der Waals surface area contributed by atoms with E-state index >= 15 is 0 Å². The van der Waals surface area contributed by atoms with Crippen molar-refractivity contribution in [1.29, 1.82) is 0 Å². The summed E-state index contributed by atoms with van der Waals surface area (Å²) in [6, 6.07) is 1.80. The van der Waals surface area contributed by atoms with Crippen molar-refractivity contribution in [1.82, 2.24) is 9.97 Å². The number of nitrogens with zero attached hydrogens (tertiary/aromatic N) is 3. The van der Waals surface area contributed by atoms with Crippen molar-refractivity contribution >= 4 is 43.3 Å². The van der Waals surface area contributed by atoms with Crippen LogP contribution < -0.4 is 4.90 Å². The van der Waals surface area contributed by atoms with Gasteiger partial charge in [0.1, 0.15) is 23.1 Å². The van der Waals surface area contributed by atoms with Gasteiger partial charge in [0.25, 0.3) is 5.92 Å². The molecule has 1 atom stereocenters. The zero-order valence-electron chi connectivity index (χ0n) is 8.98. The molecule has 18 heavy (non-hydrogen) atoms. The predicted octanol–water partition coefficient (Wildman–Crippen LogP) is 2.27. The number of hydrogen-bond acceptors (Lipinski definition) is 5. The van der Waals surface area contributed by atoms with Crippen LogP contribution in [0.4, 0.5) is 14.6 Å². The molecular formula is C10H8BrF2N3OS. The summed E-state index contributed by atoms with van der Waals surface area (Å²) in [7, 11) is 0. The van der Waals surface area contributed by atoms with Gasteiger partial charge in [0, 0.05) is 0 Å². The zero-order chi connectivity index (χ0) is 12.9. The maximum Gasteiger partial charge on any atom is 0.292 e. The molecule has 2 aromatic heterocycles. The first-order chi connectivity index (χ1) is 8.47. The molecule has 96 valence electrons. The van der Waals surface area contributed by atoms with Crippen LogP contribution in [0.5, 0.6) is 0 Å². The topological polar surface area (TPSA) is 49.2 Å². The number of anilines is 1. The normalized spacial score (nSPS) is 22.9. The summed E-state index contributed by atoms with van der Waals surface area (Å²) in [6.45, 7) is -0.639. The highest BCUT2D eigenvalue weighted by molar-refractivity contribution is 9.11. The molecule has 1 aliphatic heterocycles. The Morgan fingerprint density at radius 2 is 2.28 bits per heavy atom. The molecule has 1 fully saturated rings. The molecule has 4 nitrogen and oxygen atoms in total. The Kier molecular flexibility index (Phi) is 2.76. The second kappa shape index (κ2) is 4.07. The van der Waals surface area contributed by atoms with Gasteiger partial charge in [-0.25, -0.2) is 18.7 Å². The Morgan fingerprint density at radius 1 is 1.50 bits per heavy atom. The summed E-state index contributed by atoms with van der Waals surface area (Å²) in [5.74, 6) is -2.65. The third kappa shape index (κ3) is 1.88. The van der Waals surface area contributed by atoms with Gasteiger partial charge >= 0.3 is 0 Å². The van der Waals surface area contributed by atoms with E-state index in [1.807, 2.05) is 0 Å². The standard InChI is InChI=1S/C10H8BrF2N3OS/c11-7-1-5-8(14-4-15-9(5)18-7)16-2-6(17)10(12,13)3-16/h1,4,6,17H,2-3H2. The molecule has 0 aliphatic carbocycles. The van der Waals surface area contributed by atoms with Crippen LogP contribution in [0.1, 0.15) is 0 Å². The molecule has 0 bridgehead atoms. The van der Waals surface area contributed by atoms with Crippen molar-refractivity contribution in [3.63, 3.8) is 0 Å². The largest absolute Gasteiger partial charge is 0.385 e. The van der Waals surface area contributed by atoms with E-state index in [0.717, 1.165) is 14.0 Å². The van der Waals surface area contributed by atoms with Crippen molar-refractivity contribution in [3.05, 3.63) is 16.2 Å². The predicted molar refractivity (Wildman–Crippen MR) is 68.3 cm³/mol. The quantitative estimate of drug-likeness (QED) is 0.868. The third-order valence-electron chi connectivity index (χ3n) is 2.86. The van der Waals surface area contributed by atoms with Gasteiger partial charge in [-0.15, -0.1) is 11.3 Å². The number of fused-ring (bicyclic) bond motifs is 1. The van der Waals surface area contributed by atoms with Gasteiger partial charge in [0.15, 0.2) is 0 Å². The molecule has 8 heteroatoms. The average molecular weight is 336 g/mol. The Balaban J connectivity index is 2.05. The first kappa shape index (κ1) is 12.2. The highest BCUT2D eigenvalue weighted by Crippen LogP contribution is 2.37. The fourth-order valence-corrected chi connectivity index (χ4v) is 3.40. The number of thiophene rings is 1. The molecule has 0 radical (unpaired) electrons. The summed E-state index contributed by atoms with van der Waals surface area (Å²) >= 11 is 4.75. The molecule has 0 amide bonds. The SMILES string of the molecule is OC1CN(c2ncnc3sc(Br)cc23)CC1(F)F. The molecule has 1 N–H and O–H groups in total. The Morgan fingerprint density at radius 3 is 2.94 bits per heavy atom. The Labute approximate surface area is 113 Å². The van der Waals surface area contributed by atoms with Crippen molar-refractivity contribution in [2.75, 3.05) is 18.0 Å². The summed E-state index contributed by atoms with van der Waals surface area (Å²) in [5.41, 5.74) is 0. The molecule has 0 saturated carbocycles. The second-order valence-electron chi connectivity index (χ2n) is 4.12. The molecule has 0 aromatic carbocycles. The maximum absolute atomic E-state index is 13.3. The van der Waals surface area contributed by atoms with Crippen LogP contribution in [-0.4, -0.2) is 40.2 Å². The smallest absolute Gasteiger partial charge is 0.292 e. The van der Waals surface area contributed by atoms with Gasteiger partial charge in [-0.1, -0.05) is 0 Å². The number of aliphatic hydroxyl groups is 1. The van der Waals surface area contributed by atoms with Crippen LogP contribution in [0, 0.1) is 0 Å². The average Bonchev–Trinajstić information content (AvgIpc) is 2.78. The number of aliphatic hydroxyl groups excluding tert-OH is 1. The lowest BCUT2D eigenvalue weighted by Gasteiger charge is -2.16. The maximum atomic E-state index is 13.3. The molecule has 1 saturated heterocycles. The van der Waals surface area contributed by atoms with Gasteiger partial charge in [0.05, 0.1) is 22.3 Å². The van der Waals surface area contributed by atoms with Gasteiger partial charge < -0.3 is 10.0 Å². The minimum absolute atomic E-state index is 0.118. The highest BCUT2D eigenvalue weighted by atomic mass is 79.9. The van der Waals surface area contributed by atoms with E-state index in [1.54, 1.807) is 6.07 Å². The van der Waals surface area contributed by atoms with E-state index in [0.29, 0.717) is 5.82 Å². The summed E-state index contributed by atoms with van der Waals surface area (Å²) in [6.07, 6.45) is -0.298. The van der Waals surface area contributed by atoms with Gasteiger partial charge in [0.2, 0.25) is 0 Å². The Hall–Kier alpha value is -0.860. The zero-order valence-corrected chi connectivity index (χ0v) is 11.4. The molecular weight excluding hydrogens is 328 g/mol. The van der Waals surface area contributed by atoms with Crippen molar-refractivity contribution < 1.29 is 13.9 Å². The van der Waals surface area contributed by atoms with Crippen molar-refractivity contribution in [2.24, 2.45) is 0 Å². The van der Waals surface area contributed by atoms with E-state index in [1.165, 1.54) is 22.6 Å². The Bertz CT molecular complexity index is 606. The van der Waals surface area contributed by atoms with Crippen LogP contribution in [0.25, 0.3) is 10.2 Å². The number of rotatable bonds is 1. The lowest BCUT2D eigenvalue weighted by molar-refractivity contribution is -0.0712. The lowest BCUT2D eigenvalue weighted by atomic mass is 10.2. The summed E-state index contributed by atoms with van der Waals surface area (Å²) in [4.78, 5) is 10.3. The molecule has 2 aromatic rings. The third-order valence-corrected chi connectivity index (χ3v) is 4.41. The number of aromatic nitrogens is 2. The highest BCUT2D eigenvalue weighted by Gasteiger charge is 2.48. The van der Waals surface area contributed by atoms with Gasteiger partial charge in [-0.3, -0.25) is 0 Å². The van der Waals surface area contributed by atoms with Crippen LogP contribution in [-0.2, 0) is 0 Å². The van der Waals surface area contributed by atoms with E-state index < -0.39 is 18.6 Å². The number of hydrogen-bond donors (Lipinski definition) is 1. The fraction of sp³-hybridized carbons (Fsp3) is 0.400. The first-order valence-corrected chi connectivity index (χ1v) is 6.79. The van der Waals surface area contributed by atoms with E-state index in [9.17, 15) is 13.9 Å². The molecule has 3 heterocycles. The van der Waals surface area contributed by atoms with Crippen LogP contribution in [0.3, 0.4) is 0 Å². The minimum atomic E-state index is -3.09. The summed E-state index contributed by atoms with van der Waals surface area (Å²) < 4.78 is 27.5. The van der Waals surface area contributed by atoms with E-state index in [4.69, 9.17) is 0 Å². The number of halogens is 3. The van der Waals surface area contributed by atoms with Gasteiger partial charge in [-0.2, -0.15) is 0 Å². The van der Waals surface area contributed by atoms with Crippen LogP contribution in [0.2, 0.25) is 0 Å². The first-order valence-electron chi connectivity index (χ1n) is 5.18. The van der Waals surface area contributed by atoms with E-state index in [2.05, 4.69) is 25.9 Å². The second-order valence-corrected chi connectivity index (χ2v) is 6.53. The minimum Gasteiger partial charge on any atom is -0.385 e. The molecule has 3 rings (SSSR count). The lowest BCUT2D eigenvalue weighted by Crippen LogP contribution is -2.31. The van der Waals surface area contributed by atoms with Crippen LogP contribution in [0.15, 0.2) is 16.2 Å². The number of β-amino-alcohol motifs (C(OH)–C–C–N with tert-alkyl or cyclic N) is 1. The van der Waals surface area contributed by atoms with Crippen molar-refractivity contribution in [2.45, 2.75) is 12.0 Å². The fourth-order valence-electron chi connectivity index (χ4n) is 1.99. The van der Waals surface area contributed by atoms with Crippen LogP contribution >= 0.6 is 27.3 Å². The number of alkyl halides is 2.